The Morgan fingerprint density at radius 1 is 1.29 bits per heavy atom. The van der Waals surface area contributed by atoms with Gasteiger partial charge in [0.25, 0.3) is 11.8 Å². The highest BCUT2D eigenvalue weighted by atomic mass is 16.5. The van der Waals surface area contributed by atoms with E-state index in [1.165, 1.54) is 0 Å². The Kier molecular flexibility index (Phi) is 4.90. The first-order valence-corrected chi connectivity index (χ1v) is 7.86. The molecule has 2 N–H and O–H groups in total. The van der Waals surface area contributed by atoms with Gasteiger partial charge in [0, 0.05) is 25.6 Å². The minimum Gasteiger partial charge on any atom is -0.383 e. The molecule has 0 radical (unpaired) electrons. The first-order chi connectivity index (χ1) is 11.7. The molecule has 2 aromatic rings. The van der Waals surface area contributed by atoms with E-state index in [0.29, 0.717) is 37.2 Å². The monoisotopic (exact) mass is 328 g/mol. The van der Waals surface area contributed by atoms with Crippen LogP contribution in [0.3, 0.4) is 0 Å². The van der Waals surface area contributed by atoms with Crippen molar-refractivity contribution in [1.29, 1.82) is 0 Å². The summed E-state index contributed by atoms with van der Waals surface area (Å²) in [7, 11) is 1.59. The number of nitrogens with zero attached hydrogens (tertiary/aromatic N) is 2. The topological polar surface area (TPSA) is 85.2 Å². The van der Waals surface area contributed by atoms with Gasteiger partial charge in [0.15, 0.2) is 0 Å². The average molecular weight is 328 g/mol. The molecule has 1 aromatic carbocycles. The van der Waals surface area contributed by atoms with Crippen molar-refractivity contribution in [2.45, 2.75) is 19.0 Å². The largest absolute Gasteiger partial charge is 0.383 e. The first kappa shape index (κ1) is 16.2. The summed E-state index contributed by atoms with van der Waals surface area (Å²) in [6.07, 6.45) is 2.16. The summed E-state index contributed by atoms with van der Waals surface area (Å²) < 4.78 is 6.70. The van der Waals surface area contributed by atoms with Gasteiger partial charge < -0.3 is 15.4 Å². The van der Waals surface area contributed by atoms with E-state index in [1.807, 2.05) is 18.2 Å². The fourth-order valence-corrected chi connectivity index (χ4v) is 2.80. The Balaban J connectivity index is 1.61. The van der Waals surface area contributed by atoms with E-state index >= 15 is 0 Å². The molecule has 0 spiro atoms. The highest BCUT2D eigenvalue weighted by Gasteiger charge is 2.28. The van der Waals surface area contributed by atoms with Crippen LogP contribution in [0.1, 0.15) is 26.4 Å². The van der Waals surface area contributed by atoms with Crippen molar-refractivity contribution < 1.29 is 14.3 Å². The van der Waals surface area contributed by atoms with Gasteiger partial charge >= 0.3 is 0 Å². The van der Waals surface area contributed by atoms with Crippen molar-refractivity contribution in [3.8, 4) is 0 Å². The van der Waals surface area contributed by atoms with Crippen LogP contribution in [0.5, 0.6) is 0 Å². The zero-order chi connectivity index (χ0) is 16.9. The fraction of sp³-hybridized carbons (Fsp3) is 0.353. The van der Waals surface area contributed by atoms with Gasteiger partial charge in [0.2, 0.25) is 0 Å². The van der Waals surface area contributed by atoms with Crippen molar-refractivity contribution in [1.82, 2.24) is 20.4 Å². The zero-order valence-corrected chi connectivity index (χ0v) is 13.5. The Labute approximate surface area is 140 Å². The van der Waals surface area contributed by atoms with Crippen molar-refractivity contribution in [3.63, 3.8) is 0 Å². The van der Waals surface area contributed by atoms with Crippen molar-refractivity contribution in [2.24, 2.45) is 0 Å². The third-order valence-corrected chi connectivity index (χ3v) is 3.99. The lowest BCUT2D eigenvalue weighted by molar-refractivity contribution is 0.0931. The van der Waals surface area contributed by atoms with E-state index < -0.39 is 0 Å². The third-order valence-electron chi connectivity index (χ3n) is 3.99. The molecule has 2 heterocycles. The lowest BCUT2D eigenvalue weighted by Gasteiger charge is -2.11. The number of methoxy groups -OCH3 is 1. The van der Waals surface area contributed by atoms with Crippen LogP contribution in [0.4, 0.5) is 0 Å². The van der Waals surface area contributed by atoms with Crippen LogP contribution in [0.15, 0.2) is 36.5 Å². The van der Waals surface area contributed by atoms with Gasteiger partial charge in [0.05, 0.1) is 36.6 Å². The summed E-state index contributed by atoms with van der Waals surface area (Å²) in [6, 6.07) is 9.02. The maximum atomic E-state index is 12.2. The van der Waals surface area contributed by atoms with Crippen LogP contribution in [0.2, 0.25) is 0 Å². The molecule has 2 amide bonds. The van der Waals surface area contributed by atoms with E-state index in [9.17, 15) is 9.59 Å². The summed E-state index contributed by atoms with van der Waals surface area (Å²) in [5.74, 6) is -0.277. The highest BCUT2D eigenvalue weighted by Crippen LogP contribution is 2.19. The number of nitrogens with one attached hydrogen (secondary N) is 2. The Bertz CT molecular complexity index is 727. The quantitative estimate of drug-likeness (QED) is 0.761. The molecular formula is C17H20N4O3. The van der Waals surface area contributed by atoms with Gasteiger partial charge in [-0.05, 0) is 12.1 Å². The first-order valence-electron chi connectivity index (χ1n) is 7.86. The standard InChI is InChI=1S/C17H20N4O3/c1-24-8-7-18-17(23)14-10-19-21-11-13(9-15(14)21)20-16(22)12-5-3-2-4-6-12/h2-6,10,13H,7-9,11H2,1H3,(H,18,23)(H,20,22)/t13-/m0/s1. The van der Waals surface area contributed by atoms with E-state index in [1.54, 1.807) is 30.1 Å². The lowest BCUT2D eigenvalue weighted by atomic mass is 10.1. The molecule has 7 heteroatoms. The molecule has 24 heavy (non-hydrogen) atoms. The van der Waals surface area contributed by atoms with Crippen LogP contribution in [0, 0.1) is 0 Å². The average Bonchev–Trinajstić information content (AvgIpc) is 3.15. The number of carbonyl (C=O) groups excluding carboxylic acids is 2. The summed E-state index contributed by atoms with van der Waals surface area (Å²) >= 11 is 0. The second-order valence-corrected chi connectivity index (χ2v) is 5.68. The normalized spacial score (nSPS) is 15.8. The molecule has 7 nitrogen and oxygen atoms in total. The summed E-state index contributed by atoms with van der Waals surface area (Å²) in [4.78, 5) is 24.4. The van der Waals surface area contributed by atoms with E-state index in [2.05, 4.69) is 15.7 Å². The molecule has 0 aliphatic carbocycles. The van der Waals surface area contributed by atoms with E-state index in [-0.39, 0.29) is 17.9 Å². The van der Waals surface area contributed by atoms with E-state index in [4.69, 9.17) is 4.74 Å². The smallest absolute Gasteiger partial charge is 0.254 e. The van der Waals surface area contributed by atoms with Gasteiger partial charge in [-0.2, -0.15) is 5.10 Å². The van der Waals surface area contributed by atoms with Gasteiger partial charge in [-0.3, -0.25) is 14.3 Å². The van der Waals surface area contributed by atoms with Crippen LogP contribution < -0.4 is 10.6 Å². The van der Waals surface area contributed by atoms with Gasteiger partial charge in [-0.15, -0.1) is 0 Å². The number of hydrogen-bond acceptors (Lipinski definition) is 4. The van der Waals surface area contributed by atoms with Gasteiger partial charge in [-0.25, -0.2) is 0 Å². The number of hydrogen-bond donors (Lipinski definition) is 2. The van der Waals surface area contributed by atoms with Crippen molar-refractivity contribution in [3.05, 3.63) is 53.3 Å². The molecule has 1 aromatic heterocycles. The summed E-state index contributed by atoms with van der Waals surface area (Å²) in [6.45, 7) is 1.48. The van der Waals surface area contributed by atoms with Gasteiger partial charge in [-0.1, -0.05) is 18.2 Å². The molecule has 0 fully saturated rings. The molecule has 0 saturated heterocycles. The maximum Gasteiger partial charge on any atom is 0.254 e. The molecule has 0 bridgehead atoms. The predicted molar refractivity (Wildman–Crippen MR) is 87.8 cm³/mol. The molecule has 1 aliphatic rings. The molecule has 0 unspecified atom stereocenters. The van der Waals surface area contributed by atoms with Crippen LogP contribution in [-0.2, 0) is 17.7 Å². The molecule has 126 valence electrons. The third kappa shape index (κ3) is 3.46. The number of benzene rings is 1. The summed E-state index contributed by atoms with van der Waals surface area (Å²) in [5.41, 5.74) is 2.03. The van der Waals surface area contributed by atoms with Crippen molar-refractivity contribution >= 4 is 11.8 Å². The molecule has 3 rings (SSSR count). The highest BCUT2D eigenvalue weighted by molar-refractivity contribution is 5.96. The van der Waals surface area contributed by atoms with Crippen LogP contribution in [0.25, 0.3) is 0 Å². The van der Waals surface area contributed by atoms with Crippen molar-refractivity contribution in [2.75, 3.05) is 20.3 Å². The van der Waals surface area contributed by atoms with E-state index in [0.717, 1.165) is 5.69 Å². The minimum absolute atomic E-state index is 0.0630. The number of ether oxygens (including phenoxy) is 1. The molecular weight excluding hydrogens is 308 g/mol. The lowest BCUT2D eigenvalue weighted by Crippen LogP contribution is -2.36. The fourth-order valence-electron chi connectivity index (χ4n) is 2.80. The van der Waals surface area contributed by atoms with Crippen LogP contribution >= 0.6 is 0 Å². The second-order valence-electron chi connectivity index (χ2n) is 5.68. The number of aromatic nitrogens is 2. The van der Waals surface area contributed by atoms with Gasteiger partial charge in [0.1, 0.15) is 0 Å². The minimum atomic E-state index is -0.164. The number of rotatable bonds is 6. The van der Waals surface area contributed by atoms with Crippen LogP contribution in [-0.4, -0.2) is 47.9 Å². The number of fused-ring (bicyclic) bond motifs is 1. The Morgan fingerprint density at radius 3 is 2.83 bits per heavy atom. The summed E-state index contributed by atoms with van der Waals surface area (Å²) in [5, 5.41) is 10.0. The Hall–Kier alpha value is -2.67. The molecule has 1 aliphatic heterocycles. The predicted octanol–water partition coefficient (Wildman–Crippen LogP) is 0.614. The number of carbonyl (C=O) groups is 2. The second kappa shape index (κ2) is 7.27. The maximum absolute atomic E-state index is 12.2. The number of amides is 2. The molecule has 0 saturated carbocycles. The SMILES string of the molecule is COCCNC(=O)c1cnn2c1C[C@H](NC(=O)c1ccccc1)C2. The molecule has 1 atom stereocenters. The Morgan fingerprint density at radius 2 is 2.08 bits per heavy atom. The zero-order valence-electron chi connectivity index (χ0n) is 13.5.